The van der Waals surface area contributed by atoms with Crippen LogP contribution in [-0.4, -0.2) is 53.6 Å². The molecular formula is C18H22N4O2. The van der Waals surface area contributed by atoms with E-state index >= 15 is 0 Å². The zero-order valence-corrected chi connectivity index (χ0v) is 13.7. The second kappa shape index (κ2) is 8.48. The van der Waals surface area contributed by atoms with Crippen LogP contribution in [0, 0.1) is 11.3 Å². The van der Waals surface area contributed by atoms with Crippen LogP contribution in [0.1, 0.15) is 12.0 Å². The summed E-state index contributed by atoms with van der Waals surface area (Å²) in [5, 5.41) is 13.0. The molecule has 0 aliphatic carbocycles. The molecule has 0 radical (unpaired) electrons. The van der Waals surface area contributed by atoms with E-state index in [1.54, 1.807) is 18.3 Å². The topological polar surface area (TPSA) is 63.3 Å². The van der Waals surface area contributed by atoms with Crippen molar-refractivity contribution in [2.24, 2.45) is 0 Å². The van der Waals surface area contributed by atoms with Gasteiger partial charge in [-0.15, -0.1) is 0 Å². The lowest BCUT2D eigenvalue weighted by molar-refractivity contribution is -0.0383. The highest BCUT2D eigenvalue weighted by Gasteiger charge is 2.20. The molecule has 1 aromatic heterocycles. The van der Waals surface area contributed by atoms with Gasteiger partial charge in [0.15, 0.2) is 0 Å². The molecular weight excluding hydrogens is 304 g/mol. The molecule has 24 heavy (non-hydrogen) atoms. The summed E-state index contributed by atoms with van der Waals surface area (Å²) in [7, 11) is 0. The van der Waals surface area contributed by atoms with Gasteiger partial charge in [-0.1, -0.05) is 0 Å². The Morgan fingerprint density at radius 1 is 1.33 bits per heavy atom. The summed E-state index contributed by atoms with van der Waals surface area (Å²) in [4.78, 5) is 2.42. The molecule has 1 fully saturated rings. The fourth-order valence-corrected chi connectivity index (χ4v) is 2.81. The van der Waals surface area contributed by atoms with Gasteiger partial charge < -0.3 is 9.47 Å². The van der Waals surface area contributed by atoms with E-state index in [4.69, 9.17) is 14.7 Å². The van der Waals surface area contributed by atoms with Gasteiger partial charge in [-0.05, 0) is 36.8 Å². The van der Waals surface area contributed by atoms with Gasteiger partial charge in [0.25, 0.3) is 0 Å². The van der Waals surface area contributed by atoms with Crippen LogP contribution in [0.3, 0.4) is 0 Å². The van der Waals surface area contributed by atoms with E-state index < -0.39 is 0 Å². The van der Waals surface area contributed by atoms with Gasteiger partial charge in [0.2, 0.25) is 0 Å². The minimum Gasteiger partial charge on any atom is -0.494 e. The maximum Gasteiger partial charge on any atom is 0.119 e. The van der Waals surface area contributed by atoms with Crippen LogP contribution in [0.25, 0.3) is 0 Å². The van der Waals surface area contributed by atoms with Crippen molar-refractivity contribution < 1.29 is 9.47 Å². The Kier molecular flexibility index (Phi) is 5.83. The fraction of sp³-hybridized carbons (Fsp3) is 0.444. The SMILES string of the molecule is N#Cc1ccc(OCCCN2CCOC(Cn3cccn3)C2)cc1. The number of morpholine rings is 1. The molecule has 2 heterocycles. The summed E-state index contributed by atoms with van der Waals surface area (Å²) >= 11 is 0. The average Bonchev–Trinajstić information content (AvgIpc) is 3.13. The molecule has 2 aromatic rings. The first-order chi connectivity index (χ1) is 11.8. The van der Waals surface area contributed by atoms with Gasteiger partial charge in [-0.3, -0.25) is 9.58 Å². The van der Waals surface area contributed by atoms with Gasteiger partial charge in [-0.2, -0.15) is 10.4 Å². The van der Waals surface area contributed by atoms with Gasteiger partial charge in [0.05, 0.1) is 37.5 Å². The van der Waals surface area contributed by atoms with Crippen molar-refractivity contribution >= 4 is 0 Å². The molecule has 1 atom stereocenters. The number of benzene rings is 1. The first kappa shape index (κ1) is 16.5. The molecule has 3 rings (SSSR count). The Balaban J connectivity index is 1.36. The molecule has 1 aliphatic heterocycles. The van der Waals surface area contributed by atoms with E-state index in [1.807, 2.05) is 29.1 Å². The van der Waals surface area contributed by atoms with Crippen molar-refractivity contribution in [2.75, 3.05) is 32.8 Å². The Bertz CT molecular complexity index is 649. The van der Waals surface area contributed by atoms with Crippen molar-refractivity contribution in [3.63, 3.8) is 0 Å². The maximum absolute atomic E-state index is 8.78. The number of nitrogens with zero attached hydrogens (tertiary/aromatic N) is 4. The Hall–Kier alpha value is -2.36. The molecule has 0 saturated carbocycles. The molecule has 126 valence electrons. The van der Waals surface area contributed by atoms with Crippen molar-refractivity contribution in [3.05, 3.63) is 48.3 Å². The van der Waals surface area contributed by atoms with Crippen LogP contribution in [0.5, 0.6) is 5.75 Å². The van der Waals surface area contributed by atoms with E-state index in [9.17, 15) is 0 Å². The highest BCUT2D eigenvalue weighted by molar-refractivity contribution is 5.34. The van der Waals surface area contributed by atoms with Crippen LogP contribution in [0.2, 0.25) is 0 Å². The number of rotatable bonds is 7. The van der Waals surface area contributed by atoms with Gasteiger partial charge >= 0.3 is 0 Å². The Morgan fingerprint density at radius 3 is 2.96 bits per heavy atom. The summed E-state index contributed by atoms with van der Waals surface area (Å²) in [5.74, 6) is 0.813. The standard InChI is InChI=1S/C18H22N4O2/c19-13-16-3-5-17(6-4-16)23-11-2-8-21-10-12-24-18(14-21)15-22-9-1-7-20-22/h1,3-7,9,18H,2,8,10-12,14-15H2. The molecule has 1 saturated heterocycles. The molecule has 6 nitrogen and oxygen atoms in total. The average molecular weight is 326 g/mol. The first-order valence-electron chi connectivity index (χ1n) is 8.28. The molecule has 0 N–H and O–H groups in total. The molecule has 6 heteroatoms. The molecule has 1 aromatic carbocycles. The summed E-state index contributed by atoms with van der Waals surface area (Å²) in [6, 6.07) is 11.3. The molecule has 1 aliphatic rings. The van der Waals surface area contributed by atoms with E-state index in [0.717, 1.165) is 45.0 Å². The van der Waals surface area contributed by atoms with E-state index in [0.29, 0.717) is 12.2 Å². The summed E-state index contributed by atoms with van der Waals surface area (Å²) in [6.07, 6.45) is 4.92. The lowest BCUT2D eigenvalue weighted by Gasteiger charge is -2.32. The monoisotopic (exact) mass is 326 g/mol. The first-order valence-corrected chi connectivity index (χ1v) is 8.28. The third-order valence-corrected chi connectivity index (χ3v) is 4.04. The number of hydrogen-bond donors (Lipinski definition) is 0. The Labute approximate surface area is 142 Å². The minimum atomic E-state index is 0.193. The van der Waals surface area contributed by atoms with Gasteiger partial charge in [0.1, 0.15) is 5.75 Å². The summed E-state index contributed by atoms with van der Waals surface area (Å²) in [6.45, 7) is 5.12. The number of aromatic nitrogens is 2. The molecule has 0 amide bonds. The smallest absolute Gasteiger partial charge is 0.119 e. The van der Waals surface area contributed by atoms with Crippen LogP contribution in [0.15, 0.2) is 42.7 Å². The lowest BCUT2D eigenvalue weighted by Crippen LogP contribution is -2.44. The number of ether oxygens (including phenoxy) is 2. The van der Waals surface area contributed by atoms with Crippen molar-refractivity contribution in [1.29, 1.82) is 5.26 Å². The summed E-state index contributed by atoms with van der Waals surface area (Å²) in [5.41, 5.74) is 0.652. The predicted molar refractivity (Wildman–Crippen MR) is 89.7 cm³/mol. The molecule has 0 bridgehead atoms. The lowest BCUT2D eigenvalue weighted by atomic mass is 10.2. The van der Waals surface area contributed by atoms with Crippen LogP contribution < -0.4 is 4.74 Å². The normalized spacial score (nSPS) is 18.2. The van der Waals surface area contributed by atoms with E-state index in [2.05, 4.69) is 16.1 Å². The van der Waals surface area contributed by atoms with Gasteiger partial charge in [0, 0.05) is 32.0 Å². The largest absolute Gasteiger partial charge is 0.494 e. The van der Waals surface area contributed by atoms with Crippen LogP contribution in [-0.2, 0) is 11.3 Å². The van der Waals surface area contributed by atoms with E-state index in [1.165, 1.54) is 0 Å². The highest BCUT2D eigenvalue weighted by atomic mass is 16.5. The summed E-state index contributed by atoms with van der Waals surface area (Å²) < 4.78 is 13.5. The second-order valence-electron chi connectivity index (χ2n) is 5.86. The third kappa shape index (κ3) is 4.82. The molecule has 0 spiro atoms. The van der Waals surface area contributed by atoms with E-state index in [-0.39, 0.29) is 6.10 Å². The predicted octanol–water partition coefficient (Wildman–Crippen LogP) is 1.92. The zero-order chi connectivity index (χ0) is 16.6. The fourth-order valence-electron chi connectivity index (χ4n) is 2.81. The van der Waals surface area contributed by atoms with Crippen molar-refractivity contribution in [3.8, 4) is 11.8 Å². The second-order valence-corrected chi connectivity index (χ2v) is 5.86. The third-order valence-electron chi connectivity index (χ3n) is 4.04. The quantitative estimate of drug-likeness (QED) is 0.728. The highest BCUT2D eigenvalue weighted by Crippen LogP contribution is 2.12. The number of hydrogen-bond acceptors (Lipinski definition) is 5. The van der Waals surface area contributed by atoms with Gasteiger partial charge in [-0.25, -0.2) is 0 Å². The Morgan fingerprint density at radius 2 is 2.21 bits per heavy atom. The van der Waals surface area contributed by atoms with Crippen molar-refractivity contribution in [2.45, 2.75) is 19.1 Å². The van der Waals surface area contributed by atoms with Crippen LogP contribution >= 0.6 is 0 Å². The molecule has 1 unspecified atom stereocenters. The minimum absolute atomic E-state index is 0.193. The maximum atomic E-state index is 8.78. The van der Waals surface area contributed by atoms with Crippen LogP contribution in [0.4, 0.5) is 0 Å². The zero-order valence-electron chi connectivity index (χ0n) is 13.7. The number of nitriles is 1. The van der Waals surface area contributed by atoms with Crippen molar-refractivity contribution in [1.82, 2.24) is 14.7 Å².